The van der Waals surface area contributed by atoms with E-state index in [9.17, 15) is 18.8 Å². The number of hydrogen-bond acceptors (Lipinski definition) is 5. The van der Waals surface area contributed by atoms with Gasteiger partial charge in [0.05, 0.1) is 11.6 Å². The smallest absolute Gasteiger partial charge is 0.330 e. The van der Waals surface area contributed by atoms with Crippen LogP contribution in [-0.4, -0.2) is 28.5 Å². The van der Waals surface area contributed by atoms with Gasteiger partial charge in [0.2, 0.25) is 5.91 Å². The second-order valence-corrected chi connectivity index (χ2v) is 8.36. The van der Waals surface area contributed by atoms with Crippen molar-refractivity contribution in [2.45, 2.75) is 34.2 Å². The van der Waals surface area contributed by atoms with Gasteiger partial charge >= 0.3 is 5.69 Å². The monoisotopic (exact) mass is 439 g/mol. The first kappa shape index (κ1) is 23.5. The maximum Gasteiger partial charge on any atom is 0.330 e. The molecule has 0 radical (unpaired) electrons. The van der Waals surface area contributed by atoms with Gasteiger partial charge in [-0.2, -0.15) is 0 Å². The van der Waals surface area contributed by atoms with E-state index in [0.29, 0.717) is 18.8 Å². The number of carbonyl (C=O) groups excluding carboxylic acids is 1. The number of nitrogen functional groups attached to an aromatic ring is 1. The number of carbonyl (C=O) groups is 1. The largest absolute Gasteiger partial charge is 0.383 e. The van der Waals surface area contributed by atoms with Crippen LogP contribution in [0.5, 0.6) is 0 Å². The SMILES string of the molecule is CC(C)CN(CC(=O)Nc1ccc(F)c(Cl)c1)c1c(N)n(CC(C)C)c(=O)[nH]c1=O. The summed E-state index contributed by atoms with van der Waals surface area (Å²) in [6.07, 6.45) is 0. The van der Waals surface area contributed by atoms with Crippen molar-refractivity contribution < 1.29 is 9.18 Å². The lowest BCUT2D eigenvalue weighted by Crippen LogP contribution is -2.43. The number of anilines is 3. The van der Waals surface area contributed by atoms with Crippen molar-refractivity contribution in [3.8, 4) is 0 Å². The van der Waals surface area contributed by atoms with Crippen molar-refractivity contribution in [1.29, 1.82) is 0 Å². The molecule has 0 bridgehead atoms. The standard InChI is InChI=1S/C20H27ClFN5O3/c1-11(2)8-26(10-16(28)24-13-5-6-15(22)14(21)7-13)17-18(23)27(9-12(3)4)20(30)25-19(17)29/h5-7,11-12H,8-10,23H2,1-4H3,(H,24,28)(H,25,29,30). The number of nitrogens with zero attached hydrogens (tertiary/aromatic N) is 2. The summed E-state index contributed by atoms with van der Waals surface area (Å²) in [5.74, 6) is -0.812. The highest BCUT2D eigenvalue weighted by molar-refractivity contribution is 6.31. The normalized spacial score (nSPS) is 11.2. The molecule has 0 atom stereocenters. The maximum absolute atomic E-state index is 13.3. The molecule has 0 unspecified atom stereocenters. The molecule has 0 spiro atoms. The number of halogens is 2. The third-order valence-electron chi connectivity index (χ3n) is 4.20. The third kappa shape index (κ3) is 5.85. The van der Waals surface area contributed by atoms with Gasteiger partial charge in [0.25, 0.3) is 5.56 Å². The van der Waals surface area contributed by atoms with E-state index in [1.807, 2.05) is 27.7 Å². The average molecular weight is 440 g/mol. The number of rotatable bonds is 8. The molecule has 0 saturated carbocycles. The number of hydrogen-bond donors (Lipinski definition) is 3. The lowest BCUT2D eigenvalue weighted by molar-refractivity contribution is -0.115. The molecule has 164 valence electrons. The van der Waals surface area contributed by atoms with Gasteiger partial charge in [0, 0.05) is 18.8 Å². The Morgan fingerprint density at radius 1 is 1.27 bits per heavy atom. The minimum absolute atomic E-state index is 0.00993. The van der Waals surface area contributed by atoms with Crippen molar-refractivity contribution in [2.75, 3.05) is 29.0 Å². The summed E-state index contributed by atoms with van der Waals surface area (Å²) in [6, 6.07) is 3.83. The minimum Gasteiger partial charge on any atom is -0.383 e. The Morgan fingerprint density at radius 2 is 1.93 bits per heavy atom. The molecule has 10 heteroatoms. The zero-order valence-electron chi connectivity index (χ0n) is 17.5. The Morgan fingerprint density at radius 3 is 2.50 bits per heavy atom. The molecule has 1 aromatic carbocycles. The number of nitrogens with one attached hydrogen (secondary N) is 2. The molecule has 0 aliphatic heterocycles. The van der Waals surface area contributed by atoms with Crippen molar-refractivity contribution in [1.82, 2.24) is 9.55 Å². The van der Waals surface area contributed by atoms with Gasteiger partial charge in [0.15, 0.2) is 0 Å². The first-order valence-corrected chi connectivity index (χ1v) is 9.99. The van der Waals surface area contributed by atoms with Crippen LogP contribution in [0, 0.1) is 17.7 Å². The number of benzene rings is 1. The molecule has 1 heterocycles. The van der Waals surface area contributed by atoms with Gasteiger partial charge in [-0.05, 0) is 30.0 Å². The summed E-state index contributed by atoms with van der Waals surface area (Å²) < 4.78 is 14.6. The number of amides is 1. The molecule has 2 aromatic rings. The molecule has 30 heavy (non-hydrogen) atoms. The summed E-state index contributed by atoms with van der Waals surface area (Å²) in [7, 11) is 0. The molecule has 2 rings (SSSR count). The maximum atomic E-state index is 13.3. The van der Waals surface area contributed by atoms with Crippen LogP contribution in [-0.2, 0) is 11.3 Å². The molecule has 1 amide bonds. The predicted molar refractivity (Wildman–Crippen MR) is 118 cm³/mol. The van der Waals surface area contributed by atoms with Gasteiger partial charge < -0.3 is 16.0 Å². The highest BCUT2D eigenvalue weighted by atomic mass is 35.5. The molecule has 0 aliphatic carbocycles. The lowest BCUT2D eigenvalue weighted by atomic mass is 10.2. The molecular formula is C20H27ClFN5O3. The van der Waals surface area contributed by atoms with E-state index >= 15 is 0 Å². The summed E-state index contributed by atoms with van der Waals surface area (Å²) in [5.41, 5.74) is 5.32. The second kappa shape index (κ2) is 9.80. The Hall–Kier alpha value is -2.81. The van der Waals surface area contributed by atoms with Crippen LogP contribution in [0.15, 0.2) is 27.8 Å². The summed E-state index contributed by atoms with van der Waals surface area (Å²) in [4.78, 5) is 41.2. The first-order valence-electron chi connectivity index (χ1n) is 9.62. The fraction of sp³-hybridized carbons (Fsp3) is 0.450. The molecule has 1 aromatic heterocycles. The minimum atomic E-state index is -0.657. The van der Waals surface area contributed by atoms with E-state index in [4.69, 9.17) is 17.3 Å². The van der Waals surface area contributed by atoms with E-state index in [0.717, 1.165) is 6.07 Å². The Bertz CT molecular complexity index is 1030. The van der Waals surface area contributed by atoms with Gasteiger partial charge in [-0.25, -0.2) is 9.18 Å². The summed E-state index contributed by atoms with van der Waals surface area (Å²) >= 11 is 5.75. The zero-order valence-corrected chi connectivity index (χ0v) is 18.2. The van der Waals surface area contributed by atoms with E-state index in [2.05, 4.69) is 10.3 Å². The first-order chi connectivity index (χ1) is 14.0. The average Bonchev–Trinajstić information content (AvgIpc) is 2.60. The summed E-state index contributed by atoms with van der Waals surface area (Å²) in [6.45, 7) is 8.18. The van der Waals surface area contributed by atoms with Gasteiger partial charge in [-0.3, -0.25) is 19.1 Å². The van der Waals surface area contributed by atoms with Gasteiger partial charge in [-0.1, -0.05) is 39.3 Å². The van der Waals surface area contributed by atoms with Crippen LogP contribution in [0.1, 0.15) is 27.7 Å². The third-order valence-corrected chi connectivity index (χ3v) is 4.49. The van der Waals surface area contributed by atoms with E-state index in [1.165, 1.54) is 21.6 Å². The summed E-state index contributed by atoms with van der Waals surface area (Å²) in [5, 5.41) is 2.51. The van der Waals surface area contributed by atoms with E-state index in [1.54, 1.807) is 0 Å². The highest BCUT2D eigenvalue weighted by Gasteiger charge is 2.22. The fourth-order valence-corrected chi connectivity index (χ4v) is 3.23. The number of H-pyrrole nitrogens is 1. The topological polar surface area (TPSA) is 113 Å². The van der Waals surface area contributed by atoms with Crippen molar-refractivity contribution in [3.05, 3.63) is 49.9 Å². The molecule has 0 saturated heterocycles. The van der Waals surface area contributed by atoms with E-state index in [-0.39, 0.29) is 34.9 Å². The van der Waals surface area contributed by atoms with Crippen molar-refractivity contribution in [2.24, 2.45) is 11.8 Å². The molecule has 0 aliphatic rings. The van der Waals surface area contributed by atoms with Crippen LogP contribution in [0.3, 0.4) is 0 Å². The van der Waals surface area contributed by atoms with E-state index < -0.39 is 23.0 Å². The Balaban J connectivity index is 2.37. The van der Waals surface area contributed by atoms with Crippen LogP contribution in [0.2, 0.25) is 5.02 Å². The molecule has 4 N–H and O–H groups in total. The van der Waals surface area contributed by atoms with Crippen LogP contribution >= 0.6 is 11.6 Å². The Labute approximate surface area is 178 Å². The highest BCUT2D eigenvalue weighted by Crippen LogP contribution is 2.21. The predicted octanol–water partition coefficient (Wildman–Crippen LogP) is 2.67. The van der Waals surface area contributed by atoms with Crippen LogP contribution < -0.4 is 27.2 Å². The quantitative estimate of drug-likeness (QED) is 0.585. The molecule has 8 nitrogen and oxygen atoms in total. The van der Waals surface area contributed by atoms with Gasteiger partial charge in [0.1, 0.15) is 17.3 Å². The lowest BCUT2D eigenvalue weighted by Gasteiger charge is -2.27. The zero-order chi connectivity index (χ0) is 22.6. The Kier molecular flexibility index (Phi) is 7.66. The molecule has 0 fully saturated rings. The van der Waals surface area contributed by atoms with Crippen molar-refractivity contribution >= 4 is 34.7 Å². The number of aromatic amines is 1. The van der Waals surface area contributed by atoms with Gasteiger partial charge in [-0.15, -0.1) is 0 Å². The van der Waals surface area contributed by atoms with Crippen LogP contribution in [0.25, 0.3) is 0 Å². The molecular weight excluding hydrogens is 413 g/mol. The number of nitrogens with two attached hydrogens (primary N) is 1. The fourth-order valence-electron chi connectivity index (χ4n) is 3.05. The second-order valence-electron chi connectivity index (χ2n) is 7.95. The van der Waals surface area contributed by atoms with Crippen molar-refractivity contribution in [3.63, 3.8) is 0 Å². The van der Waals surface area contributed by atoms with Crippen LogP contribution in [0.4, 0.5) is 21.6 Å². The number of aromatic nitrogens is 2.